The average Bonchev–Trinajstić information content (AvgIpc) is 2.54. The lowest BCUT2D eigenvalue weighted by atomic mass is 10.1. The molecular weight excluding hydrogens is 356 g/mol. The summed E-state index contributed by atoms with van der Waals surface area (Å²) in [5, 5.41) is 3.36. The molecule has 24 heavy (non-hydrogen) atoms. The summed E-state index contributed by atoms with van der Waals surface area (Å²) in [7, 11) is 1.45. The van der Waals surface area contributed by atoms with Crippen LogP contribution >= 0.6 is 23.2 Å². The number of benzene rings is 1. The Morgan fingerprint density at radius 3 is 2.75 bits per heavy atom. The highest BCUT2D eigenvalue weighted by atomic mass is 35.5. The van der Waals surface area contributed by atoms with Crippen molar-refractivity contribution in [2.24, 2.45) is 0 Å². The van der Waals surface area contributed by atoms with Gasteiger partial charge in [0.05, 0.1) is 40.9 Å². The molecule has 2 aromatic rings. The van der Waals surface area contributed by atoms with Gasteiger partial charge in [-0.2, -0.15) is 0 Å². The number of halogens is 3. The lowest BCUT2D eigenvalue weighted by Crippen LogP contribution is -2.14. The molecule has 1 heterocycles. The van der Waals surface area contributed by atoms with Crippen LogP contribution in [-0.2, 0) is 9.63 Å². The smallest absolute Gasteiger partial charge is 0.228 e. The average molecular weight is 370 g/mol. The van der Waals surface area contributed by atoms with Crippen molar-refractivity contribution >= 4 is 40.5 Å². The van der Waals surface area contributed by atoms with E-state index < -0.39 is 5.82 Å². The second-order valence-corrected chi connectivity index (χ2v) is 5.51. The van der Waals surface area contributed by atoms with E-state index in [0.717, 1.165) is 6.20 Å². The van der Waals surface area contributed by atoms with Crippen molar-refractivity contribution in [2.75, 3.05) is 12.4 Å². The minimum Gasteiger partial charge on any atom is -0.324 e. The molecule has 0 saturated heterocycles. The second-order valence-electron chi connectivity index (χ2n) is 4.70. The van der Waals surface area contributed by atoms with Crippen LogP contribution in [0.25, 0.3) is 5.70 Å². The zero-order valence-corrected chi connectivity index (χ0v) is 14.2. The van der Waals surface area contributed by atoms with Crippen molar-refractivity contribution in [1.29, 1.82) is 0 Å². The van der Waals surface area contributed by atoms with Crippen LogP contribution in [0.5, 0.6) is 0 Å². The molecule has 0 fully saturated rings. The van der Waals surface area contributed by atoms with Crippen molar-refractivity contribution in [3.05, 3.63) is 64.2 Å². The molecule has 0 bridgehead atoms. The van der Waals surface area contributed by atoms with Crippen LogP contribution in [0.1, 0.15) is 12.0 Å². The van der Waals surface area contributed by atoms with Crippen LogP contribution in [0.2, 0.25) is 10.0 Å². The number of anilines is 1. The third kappa shape index (κ3) is 5.19. The monoisotopic (exact) mass is 369 g/mol. The number of pyridine rings is 1. The summed E-state index contributed by atoms with van der Waals surface area (Å²) in [5.74, 6) is -0.862. The Kier molecular flexibility index (Phi) is 6.54. The van der Waals surface area contributed by atoms with Crippen LogP contribution in [0, 0.1) is 5.82 Å². The molecule has 1 aromatic carbocycles. The molecule has 0 aliphatic carbocycles. The Bertz CT molecular complexity index is 769. The van der Waals surface area contributed by atoms with Gasteiger partial charge in [-0.1, -0.05) is 29.3 Å². The molecule has 2 N–H and O–H groups in total. The number of hydrogen-bond acceptors (Lipinski definition) is 4. The molecule has 5 nitrogen and oxygen atoms in total. The number of hydrogen-bond donors (Lipinski definition) is 2. The topological polar surface area (TPSA) is 63.2 Å². The fraction of sp³-hybridized carbons (Fsp3) is 0.125. The van der Waals surface area contributed by atoms with Gasteiger partial charge in [-0.25, -0.2) is 4.39 Å². The maximum absolute atomic E-state index is 13.0. The first-order chi connectivity index (χ1) is 11.5. The maximum Gasteiger partial charge on any atom is 0.228 e. The highest BCUT2D eigenvalue weighted by Crippen LogP contribution is 2.25. The van der Waals surface area contributed by atoms with Gasteiger partial charge in [0, 0.05) is 18.1 Å². The number of carbonyl (C=O) groups excluding carboxylic acids is 1. The van der Waals surface area contributed by atoms with E-state index in [-0.39, 0.29) is 18.0 Å². The molecule has 0 radical (unpaired) electrons. The maximum atomic E-state index is 13.0. The van der Waals surface area contributed by atoms with Gasteiger partial charge in [0.2, 0.25) is 5.91 Å². The molecular formula is C16H14Cl2FN3O2. The lowest BCUT2D eigenvalue weighted by molar-refractivity contribution is -0.115. The Morgan fingerprint density at radius 2 is 2.08 bits per heavy atom. The van der Waals surface area contributed by atoms with Gasteiger partial charge in [0.15, 0.2) is 0 Å². The molecule has 0 aliphatic heterocycles. The lowest BCUT2D eigenvalue weighted by Gasteiger charge is -2.10. The predicted molar refractivity (Wildman–Crippen MR) is 92.0 cm³/mol. The van der Waals surface area contributed by atoms with Crippen LogP contribution in [0.15, 0.2) is 42.7 Å². The minimum absolute atomic E-state index is 0.0302. The van der Waals surface area contributed by atoms with Crippen molar-refractivity contribution in [3.8, 4) is 0 Å². The Hall–Kier alpha value is -2.15. The summed E-state index contributed by atoms with van der Waals surface area (Å²) in [6.45, 7) is 0. The molecule has 2 rings (SSSR count). The van der Waals surface area contributed by atoms with Gasteiger partial charge in [-0.3, -0.25) is 20.1 Å². The molecule has 1 amide bonds. The van der Waals surface area contributed by atoms with E-state index in [1.54, 1.807) is 24.3 Å². The molecule has 0 atom stereocenters. The van der Waals surface area contributed by atoms with Gasteiger partial charge < -0.3 is 5.32 Å². The van der Waals surface area contributed by atoms with E-state index in [4.69, 9.17) is 28.0 Å². The third-order valence-electron chi connectivity index (χ3n) is 2.92. The summed E-state index contributed by atoms with van der Waals surface area (Å²) in [4.78, 5) is 20.5. The third-order valence-corrected chi connectivity index (χ3v) is 3.66. The second kappa shape index (κ2) is 8.63. The zero-order valence-electron chi connectivity index (χ0n) is 12.6. The fourth-order valence-electron chi connectivity index (χ4n) is 1.88. The summed E-state index contributed by atoms with van der Waals surface area (Å²) >= 11 is 11.9. The first-order valence-corrected chi connectivity index (χ1v) is 7.60. The van der Waals surface area contributed by atoms with E-state index in [9.17, 15) is 9.18 Å². The highest BCUT2D eigenvalue weighted by Gasteiger charge is 2.07. The van der Waals surface area contributed by atoms with Gasteiger partial charge in [-0.05, 0) is 18.2 Å². The van der Waals surface area contributed by atoms with Gasteiger partial charge in [-0.15, -0.1) is 0 Å². The van der Waals surface area contributed by atoms with Crippen LogP contribution < -0.4 is 10.8 Å². The van der Waals surface area contributed by atoms with E-state index >= 15 is 0 Å². The van der Waals surface area contributed by atoms with E-state index in [1.165, 1.54) is 19.4 Å². The number of carbonyl (C=O) groups is 1. The van der Waals surface area contributed by atoms with Gasteiger partial charge in [0.25, 0.3) is 0 Å². The number of hydroxylamine groups is 1. The van der Waals surface area contributed by atoms with Gasteiger partial charge in [0.1, 0.15) is 5.82 Å². The van der Waals surface area contributed by atoms with Gasteiger partial charge >= 0.3 is 0 Å². The van der Waals surface area contributed by atoms with E-state index in [0.29, 0.717) is 21.3 Å². The minimum atomic E-state index is -0.527. The van der Waals surface area contributed by atoms with Crippen LogP contribution in [0.3, 0.4) is 0 Å². The number of nitrogens with zero attached hydrogens (tertiary/aromatic N) is 1. The number of nitrogens with one attached hydrogen (secondary N) is 2. The SMILES string of the molecule is CONC(=CCC(=O)Nc1cncc(F)c1)c1ccc(Cl)c(Cl)c1. The standard InChI is InChI=1S/C16H14Cl2FN3O2/c1-24-22-15(10-2-3-13(17)14(18)6-10)4-5-16(23)21-12-7-11(19)8-20-9-12/h2-4,6-9,22H,5H2,1H3,(H,21,23). The van der Waals surface area contributed by atoms with Crippen LogP contribution in [0.4, 0.5) is 10.1 Å². The molecule has 0 spiro atoms. The predicted octanol–water partition coefficient (Wildman–Crippen LogP) is 4.05. The van der Waals surface area contributed by atoms with Crippen molar-refractivity contribution in [2.45, 2.75) is 6.42 Å². The van der Waals surface area contributed by atoms with Crippen molar-refractivity contribution in [1.82, 2.24) is 10.5 Å². The number of aromatic nitrogens is 1. The normalized spacial score (nSPS) is 11.2. The number of amides is 1. The summed E-state index contributed by atoms with van der Waals surface area (Å²) in [6, 6.07) is 6.21. The molecule has 1 aromatic heterocycles. The number of rotatable bonds is 6. The molecule has 0 unspecified atom stereocenters. The zero-order chi connectivity index (χ0) is 17.5. The summed E-state index contributed by atoms with van der Waals surface area (Å²) < 4.78 is 13.0. The van der Waals surface area contributed by atoms with E-state index in [2.05, 4.69) is 15.8 Å². The largest absolute Gasteiger partial charge is 0.324 e. The first-order valence-electron chi connectivity index (χ1n) is 6.84. The Morgan fingerprint density at radius 1 is 1.29 bits per heavy atom. The molecule has 126 valence electrons. The van der Waals surface area contributed by atoms with Crippen molar-refractivity contribution in [3.63, 3.8) is 0 Å². The molecule has 8 heteroatoms. The Labute approximate surface area is 148 Å². The quantitative estimate of drug-likeness (QED) is 0.754. The first kappa shape index (κ1) is 18.2. The van der Waals surface area contributed by atoms with Crippen LogP contribution in [-0.4, -0.2) is 18.0 Å². The van der Waals surface area contributed by atoms with E-state index in [1.807, 2.05) is 0 Å². The Balaban J connectivity index is 2.10. The van der Waals surface area contributed by atoms with Crippen molar-refractivity contribution < 1.29 is 14.0 Å². The summed E-state index contributed by atoms with van der Waals surface area (Å²) in [5.41, 5.74) is 4.21. The highest BCUT2D eigenvalue weighted by molar-refractivity contribution is 6.42. The summed E-state index contributed by atoms with van der Waals surface area (Å²) in [6.07, 6.45) is 4.06. The molecule has 0 saturated carbocycles. The molecule has 0 aliphatic rings. The fourth-order valence-corrected chi connectivity index (χ4v) is 2.18.